The predicted octanol–water partition coefficient (Wildman–Crippen LogP) is 4.62. The molecule has 2 nitrogen and oxygen atoms in total. The maximum atomic E-state index is 6.28. The SMILES string of the molecule is CNC(c1ncc(Cl)cc1Cl)C1CCCCCC1. The summed E-state index contributed by atoms with van der Waals surface area (Å²) in [6.07, 6.45) is 9.54. The van der Waals surface area contributed by atoms with Crippen LogP contribution in [0.3, 0.4) is 0 Å². The minimum absolute atomic E-state index is 0.243. The van der Waals surface area contributed by atoms with Gasteiger partial charge in [-0.05, 0) is 31.9 Å². The fourth-order valence-electron chi connectivity index (χ4n) is 2.89. The first-order valence-electron chi connectivity index (χ1n) is 6.70. The van der Waals surface area contributed by atoms with Gasteiger partial charge in [0, 0.05) is 6.20 Å². The lowest BCUT2D eigenvalue weighted by molar-refractivity contribution is 0.336. The minimum atomic E-state index is 0.243. The van der Waals surface area contributed by atoms with Crippen LogP contribution in [0, 0.1) is 5.92 Å². The van der Waals surface area contributed by atoms with Gasteiger partial charge in [0.2, 0.25) is 0 Å². The molecule has 1 saturated carbocycles. The van der Waals surface area contributed by atoms with E-state index in [1.165, 1.54) is 38.5 Å². The fraction of sp³-hybridized carbons (Fsp3) is 0.643. The van der Waals surface area contributed by atoms with E-state index in [9.17, 15) is 0 Å². The molecule has 0 aromatic carbocycles. The highest BCUT2D eigenvalue weighted by atomic mass is 35.5. The topological polar surface area (TPSA) is 24.9 Å². The number of aromatic nitrogens is 1. The Morgan fingerprint density at radius 3 is 2.44 bits per heavy atom. The molecule has 1 fully saturated rings. The van der Waals surface area contributed by atoms with E-state index in [2.05, 4.69) is 10.3 Å². The molecule has 1 aliphatic carbocycles. The highest BCUT2D eigenvalue weighted by molar-refractivity contribution is 6.34. The maximum absolute atomic E-state index is 6.28. The molecular weight excluding hydrogens is 267 g/mol. The lowest BCUT2D eigenvalue weighted by Gasteiger charge is -2.26. The second-order valence-corrected chi connectivity index (χ2v) is 5.88. The van der Waals surface area contributed by atoms with Crippen LogP contribution >= 0.6 is 23.2 Å². The van der Waals surface area contributed by atoms with Gasteiger partial charge < -0.3 is 5.32 Å². The van der Waals surface area contributed by atoms with Crippen LogP contribution in [0.2, 0.25) is 10.0 Å². The number of halogens is 2. The van der Waals surface area contributed by atoms with Gasteiger partial charge in [0.15, 0.2) is 0 Å². The molecule has 1 aliphatic rings. The van der Waals surface area contributed by atoms with Crippen molar-refractivity contribution >= 4 is 23.2 Å². The third-order valence-corrected chi connectivity index (χ3v) is 4.32. The van der Waals surface area contributed by atoms with E-state index in [4.69, 9.17) is 23.2 Å². The van der Waals surface area contributed by atoms with Crippen LogP contribution in [0.25, 0.3) is 0 Å². The van der Waals surface area contributed by atoms with Gasteiger partial charge in [0.05, 0.1) is 21.8 Å². The van der Waals surface area contributed by atoms with Gasteiger partial charge in [-0.1, -0.05) is 48.9 Å². The zero-order valence-corrected chi connectivity index (χ0v) is 12.3. The summed E-state index contributed by atoms with van der Waals surface area (Å²) in [6, 6.07) is 2.03. The maximum Gasteiger partial charge on any atom is 0.0762 e. The molecule has 1 heterocycles. The van der Waals surface area contributed by atoms with Crippen molar-refractivity contribution in [2.75, 3.05) is 7.05 Å². The fourth-order valence-corrected chi connectivity index (χ4v) is 3.39. The molecule has 4 heteroatoms. The number of pyridine rings is 1. The van der Waals surface area contributed by atoms with Gasteiger partial charge >= 0.3 is 0 Å². The summed E-state index contributed by atoms with van der Waals surface area (Å²) >= 11 is 12.2. The molecule has 2 rings (SSSR count). The Labute approximate surface area is 119 Å². The summed E-state index contributed by atoms with van der Waals surface area (Å²) in [5.41, 5.74) is 0.940. The van der Waals surface area contributed by atoms with E-state index < -0.39 is 0 Å². The largest absolute Gasteiger partial charge is 0.311 e. The van der Waals surface area contributed by atoms with E-state index in [1.54, 1.807) is 12.3 Å². The van der Waals surface area contributed by atoms with E-state index >= 15 is 0 Å². The van der Waals surface area contributed by atoms with E-state index in [0.717, 1.165) is 5.69 Å². The first kappa shape index (κ1) is 14.1. The monoisotopic (exact) mass is 286 g/mol. The third-order valence-electron chi connectivity index (χ3n) is 3.81. The molecule has 0 aliphatic heterocycles. The molecule has 1 aromatic heterocycles. The standard InChI is InChI=1S/C14H20Cl2N2/c1-17-13(10-6-4-2-3-5-7-10)14-12(16)8-11(15)9-18-14/h8-10,13,17H,2-7H2,1H3. The molecule has 1 aromatic rings. The quantitative estimate of drug-likeness (QED) is 0.820. The van der Waals surface area contributed by atoms with Gasteiger partial charge in [0.25, 0.3) is 0 Å². The van der Waals surface area contributed by atoms with Gasteiger partial charge in [-0.2, -0.15) is 0 Å². The number of hydrogen-bond donors (Lipinski definition) is 1. The van der Waals surface area contributed by atoms with Crippen LogP contribution < -0.4 is 5.32 Å². The Balaban J connectivity index is 2.20. The first-order chi connectivity index (χ1) is 8.72. The molecule has 0 radical (unpaired) electrons. The van der Waals surface area contributed by atoms with Crippen molar-refractivity contribution in [3.63, 3.8) is 0 Å². The van der Waals surface area contributed by atoms with Crippen molar-refractivity contribution in [2.24, 2.45) is 5.92 Å². The van der Waals surface area contributed by atoms with Gasteiger partial charge in [-0.15, -0.1) is 0 Å². The summed E-state index contributed by atoms with van der Waals surface area (Å²) in [5, 5.41) is 4.66. The average molecular weight is 287 g/mol. The van der Waals surface area contributed by atoms with Crippen LogP contribution in [-0.2, 0) is 0 Å². The Morgan fingerprint density at radius 1 is 1.22 bits per heavy atom. The highest BCUT2D eigenvalue weighted by Crippen LogP contribution is 2.35. The molecule has 0 saturated heterocycles. The predicted molar refractivity (Wildman–Crippen MR) is 77.2 cm³/mol. The number of nitrogens with zero attached hydrogens (tertiary/aromatic N) is 1. The summed E-state index contributed by atoms with van der Waals surface area (Å²) in [6.45, 7) is 0. The molecule has 1 unspecified atom stereocenters. The van der Waals surface area contributed by atoms with Gasteiger partial charge in [-0.25, -0.2) is 0 Å². The Hall–Kier alpha value is -0.310. The molecule has 0 spiro atoms. The van der Waals surface area contributed by atoms with E-state index in [1.807, 2.05) is 7.05 Å². The van der Waals surface area contributed by atoms with Crippen molar-refractivity contribution in [1.82, 2.24) is 10.3 Å². The first-order valence-corrected chi connectivity index (χ1v) is 7.46. The Kier molecular flexibility index (Phi) is 5.28. The smallest absolute Gasteiger partial charge is 0.0762 e. The van der Waals surface area contributed by atoms with E-state index in [0.29, 0.717) is 16.0 Å². The van der Waals surface area contributed by atoms with Crippen molar-refractivity contribution in [2.45, 2.75) is 44.6 Å². The van der Waals surface area contributed by atoms with Crippen LogP contribution in [-0.4, -0.2) is 12.0 Å². The molecule has 100 valence electrons. The second kappa shape index (κ2) is 6.74. The zero-order chi connectivity index (χ0) is 13.0. The second-order valence-electron chi connectivity index (χ2n) is 5.04. The summed E-state index contributed by atoms with van der Waals surface area (Å²) in [5.74, 6) is 0.628. The van der Waals surface area contributed by atoms with Crippen LogP contribution in [0.4, 0.5) is 0 Å². The lowest BCUT2D eigenvalue weighted by atomic mass is 9.89. The normalized spacial score (nSPS) is 19.5. The molecular formula is C14H20Cl2N2. The van der Waals surface area contributed by atoms with Gasteiger partial charge in [0.1, 0.15) is 0 Å². The summed E-state index contributed by atoms with van der Waals surface area (Å²) in [7, 11) is 1.99. The number of hydrogen-bond acceptors (Lipinski definition) is 2. The number of nitrogens with one attached hydrogen (secondary N) is 1. The van der Waals surface area contributed by atoms with Gasteiger partial charge in [-0.3, -0.25) is 4.98 Å². The van der Waals surface area contributed by atoms with Crippen LogP contribution in [0.15, 0.2) is 12.3 Å². The van der Waals surface area contributed by atoms with Crippen molar-refractivity contribution in [3.05, 3.63) is 28.0 Å². The Bertz CT molecular complexity index is 387. The average Bonchev–Trinajstić information content (AvgIpc) is 2.62. The third kappa shape index (κ3) is 3.37. The molecule has 0 bridgehead atoms. The number of rotatable bonds is 3. The summed E-state index contributed by atoms with van der Waals surface area (Å²) < 4.78 is 0. The molecule has 18 heavy (non-hydrogen) atoms. The zero-order valence-electron chi connectivity index (χ0n) is 10.8. The van der Waals surface area contributed by atoms with Crippen molar-refractivity contribution in [3.8, 4) is 0 Å². The lowest BCUT2D eigenvalue weighted by Crippen LogP contribution is -2.26. The van der Waals surface area contributed by atoms with Crippen molar-refractivity contribution < 1.29 is 0 Å². The van der Waals surface area contributed by atoms with Crippen molar-refractivity contribution in [1.29, 1.82) is 0 Å². The van der Waals surface area contributed by atoms with Crippen LogP contribution in [0.1, 0.15) is 50.3 Å². The van der Waals surface area contributed by atoms with E-state index in [-0.39, 0.29) is 6.04 Å². The summed E-state index contributed by atoms with van der Waals surface area (Å²) in [4.78, 5) is 4.43. The highest BCUT2D eigenvalue weighted by Gasteiger charge is 2.25. The Morgan fingerprint density at radius 2 is 1.89 bits per heavy atom. The molecule has 0 amide bonds. The van der Waals surface area contributed by atoms with Crippen LogP contribution in [0.5, 0.6) is 0 Å². The molecule has 1 N–H and O–H groups in total. The molecule has 1 atom stereocenters. The minimum Gasteiger partial charge on any atom is -0.311 e.